The number of non-ortho nitro benzene ring substituents is 1. The summed E-state index contributed by atoms with van der Waals surface area (Å²) in [5, 5.41) is 21.8. The topological polar surface area (TPSA) is 95.5 Å². The zero-order valence-corrected chi connectivity index (χ0v) is 10.6. The molecule has 0 aliphatic rings. The highest BCUT2D eigenvalue weighted by Crippen LogP contribution is 2.36. The van der Waals surface area contributed by atoms with E-state index < -0.39 is 15.5 Å². The number of hydrogen-bond acceptors (Lipinski definition) is 5. The molecule has 0 aromatic heterocycles. The maximum absolute atomic E-state index is 10.9. The molecule has 0 spiro atoms. The van der Waals surface area contributed by atoms with Crippen molar-refractivity contribution in [2.75, 3.05) is 0 Å². The molecule has 0 heterocycles. The van der Waals surface area contributed by atoms with Crippen LogP contribution in [0.1, 0.15) is 0 Å². The molecule has 2 rings (SSSR count). The van der Waals surface area contributed by atoms with Crippen LogP contribution in [0.25, 0.3) is 0 Å². The molecule has 0 saturated heterocycles. The first-order valence-corrected chi connectivity index (χ1v) is 5.72. The van der Waals surface area contributed by atoms with Crippen LogP contribution in [-0.4, -0.2) is 9.85 Å². The molecule has 7 nitrogen and oxygen atoms in total. The van der Waals surface area contributed by atoms with Gasteiger partial charge in [0.15, 0.2) is 0 Å². The van der Waals surface area contributed by atoms with E-state index in [1.807, 2.05) is 0 Å². The van der Waals surface area contributed by atoms with E-state index in [1.165, 1.54) is 12.1 Å². The van der Waals surface area contributed by atoms with E-state index in [4.69, 9.17) is 16.3 Å². The Morgan fingerprint density at radius 1 is 0.950 bits per heavy atom. The third kappa shape index (κ3) is 2.83. The molecule has 0 unspecified atom stereocenters. The number of hydrogen-bond donors (Lipinski definition) is 0. The second kappa shape index (κ2) is 5.54. The van der Waals surface area contributed by atoms with Crippen molar-refractivity contribution < 1.29 is 14.6 Å². The highest BCUT2D eigenvalue weighted by Gasteiger charge is 2.21. The summed E-state index contributed by atoms with van der Waals surface area (Å²) in [5.41, 5.74) is -0.887. The summed E-state index contributed by atoms with van der Waals surface area (Å²) in [6.45, 7) is 0. The molecule has 0 bridgehead atoms. The molecule has 0 N–H and O–H groups in total. The Labute approximate surface area is 117 Å². The van der Waals surface area contributed by atoms with Gasteiger partial charge in [0.2, 0.25) is 5.75 Å². The maximum atomic E-state index is 10.9. The fraction of sp³-hybridized carbons (Fsp3) is 0. The van der Waals surface area contributed by atoms with Gasteiger partial charge in [-0.2, -0.15) is 0 Å². The van der Waals surface area contributed by atoms with Crippen LogP contribution in [0.5, 0.6) is 11.5 Å². The Morgan fingerprint density at radius 3 is 2.25 bits per heavy atom. The van der Waals surface area contributed by atoms with Crippen molar-refractivity contribution in [2.45, 2.75) is 0 Å². The second-order valence-electron chi connectivity index (χ2n) is 3.70. The zero-order valence-electron chi connectivity index (χ0n) is 9.86. The van der Waals surface area contributed by atoms with Crippen LogP contribution in [0.2, 0.25) is 5.02 Å². The molecular weight excluding hydrogens is 288 g/mol. The number of para-hydroxylation sites is 1. The predicted octanol–water partition coefficient (Wildman–Crippen LogP) is 3.95. The molecule has 0 radical (unpaired) electrons. The summed E-state index contributed by atoms with van der Waals surface area (Å²) in [6.07, 6.45) is 0. The van der Waals surface area contributed by atoms with E-state index in [1.54, 1.807) is 18.2 Å². The van der Waals surface area contributed by atoms with Gasteiger partial charge in [-0.15, -0.1) is 0 Å². The van der Waals surface area contributed by atoms with Crippen molar-refractivity contribution in [3.05, 3.63) is 67.7 Å². The van der Waals surface area contributed by atoms with Gasteiger partial charge in [-0.3, -0.25) is 20.2 Å². The Kier molecular flexibility index (Phi) is 3.81. The van der Waals surface area contributed by atoms with Crippen molar-refractivity contribution in [3.63, 3.8) is 0 Å². The number of ether oxygens (including phenoxy) is 1. The quantitative estimate of drug-likeness (QED) is 0.628. The number of rotatable bonds is 4. The molecule has 0 saturated carbocycles. The van der Waals surface area contributed by atoms with Gasteiger partial charge in [-0.25, -0.2) is 0 Å². The normalized spacial score (nSPS) is 10.1. The molecule has 0 fully saturated rings. The largest absolute Gasteiger partial charge is 0.449 e. The Bertz CT molecular complexity index is 689. The van der Waals surface area contributed by atoms with Crippen LogP contribution < -0.4 is 4.74 Å². The first-order chi connectivity index (χ1) is 9.49. The lowest BCUT2D eigenvalue weighted by molar-refractivity contribution is -0.394. The average Bonchev–Trinajstić information content (AvgIpc) is 2.41. The van der Waals surface area contributed by atoms with Crippen molar-refractivity contribution in [1.82, 2.24) is 0 Å². The van der Waals surface area contributed by atoms with Crippen LogP contribution in [0.15, 0.2) is 42.5 Å². The van der Waals surface area contributed by atoms with Crippen LogP contribution in [0.3, 0.4) is 0 Å². The first kappa shape index (κ1) is 13.8. The van der Waals surface area contributed by atoms with E-state index in [-0.39, 0.29) is 22.2 Å². The van der Waals surface area contributed by atoms with Gasteiger partial charge in [0, 0.05) is 6.07 Å². The molecule has 0 atom stereocenters. The van der Waals surface area contributed by atoms with Gasteiger partial charge >= 0.3 is 5.69 Å². The SMILES string of the molecule is O=[N+]([O-])c1ccc(Oc2ccccc2Cl)c([N+](=O)[O-])c1. The molecule has 2 aromatic carbocycles. The van der Waals surface area contributed by atoms with Crippen molar-refractivity contribution in [1.29, 1.82) is 0 Å². The number of halogens is 1. The van der Waals surface area contributed by atoms with Gasteiger partial charge in [-0.05, 0) is 18.2 Å². The second-order valence-corrected chi connectivity index (χ2v) is 4.11. The fourth-order valence-corrected chi connectivity index (χ4v) is 1.67. The fourth-order valence-electron chi connectivity index (χ4n) is 1.49. The summed E-state index contributed by atoms with van der Waals surface area (Å²) in [4.78, 5) is 20.1. The lowest BCUT2D eigenvalue weighted by Gasteiger charge is -2.07. The van der Waals surface area contributed by atoms with Crippen molar-refractivity contribution in [2.24, 2.45) is 0 Å². The molecular formula is C12H7ClN2O5. The van der Waals surface area contributed by atoms with Gasteiger partial charge in [0.25, 0.3) is 5.69 Å². The van der Waals surface area contributed by atoms with E-state index >= 15 is 0 Å². The summed E-state index contributed by atoms with van der Waals surface area (Å²) >= 11 is 5.88. The minimum atomic E-state index is -0.751. The Hall–Kier alpha value is -2.67. The Morgan fingerprint density at radius 2 is 1.65 bits per heavy atom. The van der Waals surface area contributed by atoms with Crippen LogP contribution in [0.4, 0.5) is 11.4 Å². The van der Waals surface area contributed by atoms with Crippen LogP contribution in [0, 0.1) is 20.2 Å². The van der Waals surface area contributed by atoms with Gasteiger partial charge in [0.05, 0.1) is 20.9 Å². The summed E-state index contributed by atoms with van der Waals surface area (Å²) < 4.78 is 5.34. The molecule has 0 aliphatic carbocycles. The van der Waals surface area contributed by atoms with E-state index in [2.05, 4.69) is 0 Å². The van der Waals surface area contributed by atoms with Crippen molar-refractivity contribution in [3.8, 4) is 11.5 Å². The number of nitrogens with zero attached hydrogens (tertiary/aromatic N) is 2. The lowest BCUT2D eigenvalue weighted by atomic mass is 10.2. The minimum absolute atomic E-state index is 0.117. The molecule has 8 heteroatoms. The maximum Gasteiger partial charge on any atom is 0.318 e. The number of nitro groups is 2. The molecule has 0 aliphatic heterocycles. The highest BCUT2D eigenvalue weighted by atomic mass is 35.5. The van der Waals surface area contributed by atoms with E-state index in [0.717, 1.165) is 12.1 Å². The zero-order chi connectivity index (χ0) is 14.7. The Balaban J connectivity index is 2.44. The van der Waals surface area contributed by atoms with Crippen LogP contribution in [-0.2, 0) is 0 Å². The van der Waals surface area contributed by atoms with Gasteiger partial charge in [-0.1, -0.05) is 23.7 Å². The third-order valence-electron chi connectivity index (χ3n) is 2.41. The smallest absolute Gasteiger partial charge is 0.318 e. The monoisotopic (exact) mass is 294 g/mol. The lowest BCUT2D eigenvalue weighted by Crippen LogP contribution is -1.96. The summed E-state index contributed by atoms with van der Waals surface area (Å²) in [5.74, 6) is 0.111. The summed E-state index contributed by atoms with van der Waals surface area (Å²) in [6, 6.07) is 9.56. The molecule has 20 heavy (non-hydrogen) atoms. The first-order valence-electron chi connectivity index (χ1n) is 5.34. The van der Waals surface area contributed by atoms with E-state index in [0.29, 0.717) is 0 Å². The predicted molar refractivity (Wildman–Crippen MR) is 71.3 cm³/mol. The number of nitro benzene ring substituents is 2. The molecule has 0 amide bonds. The third-order valence-corrected chi connectivity index (χ3v) is 2.72. The van der Waals surface area contributed by atoms with E-state index in [9.17, 15) is 20.2 Å². The van der Waals surface area contributed by atoms with Gasteiger partial charge < -0.3 is 4.74 Å². The van der Waals surface area contributed by atoms with Crippen LogP contribution >= 0.6 is 11.6 Å². The van der Waals surface area contributed by atoms with Gasteiger partial charge in [0.1, 0.15) is 5.75 Å². The van der Waals surface area contributed by atoms with Crippen molar-refractivity contribution >= 4 is 23.0 Å². The minimum Gasteiger partial charge on any atom is -0.449 e. The standard InChI is InChI=1S/C12H7ClN2O5/c13-9-3-1-2-4-11(9)20-12-6-5-8(14(16)17)7-10(12)15(18)19/h1-7H. The average molecular weight is 295 g/mol. The molecule has 102 valence electrons. The summed E-state index contributed by atoms with van der Waals surface area (Å²) in [7, 11) is 0. The highest BCUT2D eigenvalue weighted by molar-refractivity contribution is 6.32. The molecule has 2 aromatic rings. The number of benzene rings is 2.